The van der Waals surface area contributed by atoms with Crippen LogP contribution in [0.15, 0.2) is 24.3 Å². The van der Waals surface area contributed by atoms with Crippen molar-refractivity contribution in [1.82, 2.24) is 5.32 Å². The smallest absolute Gasteiger partial charge is 0.120 e. The van der Waals surface area contributed by atoms with Gasteiger partial charge < -0.3 is 15.2 Å². The first-order valence-electron chi connectivity index (χ1n) is 8.50. The molecule has 1 aliphatic heterocycles. The lowest BCUT2D eigenvalue weighted by Gasteiger charge is -2.32. The second-order valence-corrected chi connectivity index (χ2v) is 7.84. The average molecular weight is 321 g/mol. The average Bonchev–Trinajstić information content (AvgIpc) is 3.01. The van der Waals surface area contributed by atoms with Gasteiger partial charge in [-0.2, -0.15) is 11.8 Å². The van der Waals surface area contributed by atoms with Crippen molar-refractivity contribution in [2.75, 3.05) is 18.1 Å². The second-order valence-electron chi connectivity index (χ2n) is 6.61. The Morgan fingerprint density at radius 3 is 2.77 bits per heavy atom. The summed E-state index contributed by atoms with van der Waals surface area (Å²) in [5, 5.41) is 13.9. The van der Waals surface area contributed by atoms with Crippen LogP contribution >= 0.6 is 11.8 Å². The minimum atomic E-state index is -0.511. The minimum Gasteiger partial charge on any atom is -0.490 e. The Morgan fingerprint density at radius 1 is 1.23 bits per heavy atom. The molecule has 3 rings (SSSR count). The largest absolute Gasteiger partial charge is 0.490 e. The van der Waals surface area contributed by atoms with Gasteiger partial charge in [0.1, 0.15) is 5.75 Å². The van der Waals surface area contributed by atoms with Crippen molar-refractivity contribution in [2.24, 2.45) is 0 Å². The Morgan fingerprint density at radius 2 is 2.00 bits per heavy atom. The molecule has 122 valence electrons. The van der Waals surface area contributed by atoms with Gasteiger partial charge in [-0.15, -0.1) is 0 Å². The third-order valence-electron chi connectivity index (χ3n) is 4.71. The van der Waals surface area contributed by atoms with E-state index in [1.165, 1.54) is 31.2 Å². The topological polar surface area (TPSA) is 41.5 Å². The van der Waals surface area contributed by atoms with Crippen LogP contribution in [0.4, 0.5) is 0 Å². The van der Waals surface area contributed by atoms with E-state index in [0.29, 0.717) is 12.6 Å². The standard InChI is InChI=1S/C18H27NO2S/c20-18(8-10-22-11-9-18)14-19-13-15-4-3-7-17(12-15)21-16-5-1-2-6-16/h3-4,7,12,16,19-20H,1-2,5-6,8-11,13-14H2. The molecule has 1 aromatic rings. The molecule has 1 aromatic carbocycles. The summed E-state index contributed by atoms with van der Waals surface area (Å²) in [5.41, 5.74) is 0.715. The van der Waals surface area contributed by atoms with Gasteiger partial charge in [-0.3, -0.25) is 0 Å². The van der Waals surface area contributed by atoms with Crippen molar-refractivity contribution in [3.8, 4) is 5.75 Å². The predicted molar refractivity (Wildman–Crippen MR) is 92.5 cm³/mol. The Bertz CT molecular complexity index is 468. The first-order chi connectivity index (χ1) is 10.7. The number of rotatable bonds is 6. The molecule has 1 heterocycles. The summed E-state index contributed by atoms with van der Waals surface area (Å²) >= 11 is 1.94. The highest BCUT2D eigenvalue weighted by atomic mass is 32.2. The van der Waals surface area contributed by atoms with Crippen LogP contribution in [-0.4, -0.2) is 34.9 Å². The molecule has 0 unspecified atom stereocenters. The van der Waals surface area contributed by atoms with Gasteiger partial charge in [0, 0.05) is 13.1 Å². The SMILES string of the molecule is OC1(CNCc2cccc(OC3CCCC3)c2)CCSCC1. The number of nitrogens with one attached hydrogen (secondary N) is 1. The lowest BCUT2D eigenvalue weighted by atomic mass is 9.97. The maximum absolute atomic E-state index is 10.5. The fourth-order valence-corrected chi connectivity index (χ4v) is 4.55. The maximum atomic E-state index is 10.5. The van der Waals surface area contributed by atoms with Crippen molar-refractivity contribution >= 4 is 11.8 Å². The lowest BCUT2D eigenvalue weighted by molar-refractivity contribution is 0.0320. The monoisotopic (exact) mass is 321 g/mol. The molecule has 0 spiro atoms. The Hall–Kier alpha value is -0.710. The van der Waals surface area contributed by atoms with Gasteiger partial charge in [0.2, 0.25) is 0 Å². The first-order valence-corrected chi connectivity index (χ1v) is 9.65. The van der Waals surface area contributed by atoms with E-state index in [9.17, 15) is 5.11 Å². The molecule has 0 atom stereocenters. The molecule has 2 N–H and O–H groups in total. The van der Waals surface area contributed by atoms with Crippen LogP contribution in [0.2, 0.25) is 0 Å². The van der Waals surface area contributed by atoms with Crippen LogP contribution in [0.1, 0.15) is 44.1 Å². The molecule has 3 nitrogen and oxygen atoms in total. The molecule has 1 aliphatic carbocycles. The van der Waals surface area contributed by atoms with Crippen molar-refractivity contribution in [1.29, 1.82) is 0 Å². The number of thioether (sulfide) groups is 1. The Labute approximate surface area is 137 Å². The molecule has 2 aliphatic rings. The van der Waals surface area contributed by atoms with E-state index in [4.69, 9.17) is 4.74 Å². The van der Waals surface area contributed by atoms with E-state index in [1.807, 2.05) is 17.8 Å². The summed E-state index contributed by atoms with van der Waals surface area (Å²) in [6.45, 7) is 1.47. The minimum absolute atomic E-state index is 0.406. The number of benzene rings is 1. The third kappa shape index (κ3) is 4.64. The summed E-state index contributed by atoms with van der Waals surface area (Å²) in [6.07, 6.45) is 7.17. The predicted octanol–water partition coefficient (Wildman–Crippen LogP) is 3.36. The van der Waals surface area contributed by atoms with Gasteiger partial charge in [0.15, 0.2) is 0 Å². The van der Waals surface area contributed by atoms with Crippen LogP contribution in [0.3, 0.4) is 0 Å². The summed E-state index contributed by atoms with van der Waals surface area (Å²) < 4.78 is 6.05. The van der Waals surface area contributed by atoms with E-state index in [-0.39, 0.29) is 0 Å². The molecule has 2 fully saturated rings. The molecule has 0 bridgehead atoms. The Balaban J connectivity index is 1.47. The summed E-state index contributed by atoms with van der Waals surface area (Å²) in [7, 11) is 0. The van der Waals surface area contributed by atoms with Crippen LogP contribution in [0, 0.1) is 0 Å². The molecule has 4 heteroatoms. The van der Waals surface area contributed by atoms with E-state index in [2.05, 4.69) is 23.5 Å². The molecule has 0 amide bonds. The molecule has 22 heavy (non-hydrogen) atoms. The third-order valence-corrected chi connectivity index (χ3v) is 5.70. The molecular formula is C18H27NO2S. The van der Waals surface area contributed by atoms with Gasteiger partial charge in [-0.1, -0.05) is 12.1 Å². The van der Waals surface area contributed by atoms with E-state index in [1.54, 1.807) is 0 Å². The van der Waals surface area contributed by atoms with Crippen molar-refractivity contribution in [2.45, 2.75) is 56.8 Å². The molecular weight excluding hydrogens is 294 g/mol. The highest BCUT2D eigenvalue weighted by molar-refractivity contribution is 7.99. The van der Waals surface area contributed by atoms with Crippen molar-refractivity contribution < 1.29 is 9.84 Å². The number of hydrogen-bond donors (Lipinski definition) is 2. The van der Waals surface area contributed by atoms with Crippen LogP contribution < -0.4 is 10.1 Å². The van der Waals surface area contributed by atoms with Crippen molar-refractivity contribution in [3.63, 3.8) is 0 Å². The zero-order valence-corrected chi connectivity index (χ0v) is 14.0. The van der Waals surface area contributed by atoms with Crippen LogP contribution in [-0.2, 0) is 6.54 Å². The highest BCUT2D eigenvalue weighted by Gasteiger charge is 2.28. The van der Waals surface area contributed by atoms with Gasteiger partial charge in [0.05, 0.1) is 11.7 Å². The summed E-state index contributed by atoms with van der Waals surface area (Å²) in [4.78, 5) is 0. The van der Waals surface area contributed by atoms with Crippen LogP contribution in [0.25, 0.3) is 0 Å². The van der Waals surface area contributed by atoms with Gasteiger partial charge >= 0.3 is 0 Å². The maximum Gasteiger partial charge on any atom is 0.120 e. The van der Waals surface area contributed by atoms with Crippen LogP contribution in [0.5, 0.6) is 5.75 Å². The highest BCUT2D eigenvalue weighted by Crippen LogP contribution is 2.27. The number of hydrogen-bond acceptors (Lipinski definition) is 4. The molecule has 1 saturated heterocycles. The number of ether oxygens (including phenoxy) is 1. The van der Waals surface area contributed by atoms with Gasteiger partial charge in [0.25, 0.3) is 0 Å². The molecule has 1 saturated carbocycles. The van der Waals surface area contributed by atoms with E-state index >= 15 is 0 Å². The summed E-state index contributed by atoms with van der Waals surface area (Å²) in [5.74, 6) is 3.13. The quantitative estimate of drug-likeness (QED) is 0.843. The molecule has 0 radical (unpaired) electrons. The first kappa shape index (κ1) is 16.2. The summed E-state index contributed by atoms with van der Waals surface area (Å²) in [6, 6.07) is 8.36. The zero-order valence-electron chi connectivity index (χ0n) is 13.2. The number of aliphatic hydroxyl groups is 1. The zero-order chi connectivity index (χ0) is 15.3. The Kier molecular flexibility index (Phi) is 5.66. The van der Waals surface area contributed by atoms with Crippen molar-refractivity contribution in [3.05, 3.63) is 29.8 Å². The van der Waals surface area contributed by atoms with Gasteiger partial charge in [-0.25, -0.2) is 0 Å². The lowest BCUT2D eigenvalue weighted by Crippen LogP contribution is -2.43. The second kappa shape index (κ2) is 7.71. The van der Waals surface area contributed by atoms with Gasteiger partial charge in [-0.05, 0) is 67.7 Å². The molecule has 0 aromatic heterocycles. The fourth-order valence-electron chi connectivity index (χ4n) is 3.30. The van der Waals surface area contributed by atoms with E-state index < -0.39 is 5.60 Å². The van der Waals surface area contributed by atoms with E-state index in [0.717, 1.165) is 36.6 Å². The normalized spacial score (nSPS) is 21.9. The fraction of sp³-hybridized carbons (Fsp3) is 0.667.